The van der Waals surface area contributed by atoms with Gasteiger partial charge in [-0.3, -0.25) is 0 Å². The predicted molar refractivity (Wildman–Crippen MR) is 69.4 cm³/mol. The molecule has 1 aliphatic rings. The van der Waals surface area contributed by atoms with E-state index in [0.29, 0.717) is 12.6 Å². The summed E-state index contributed by atoms with van der Waals surface area (Å²) in [5.74, 6) is 0. The Hall–Kier alpha value is -1.28. The molecule has 112 valence electrons. The Bertz CT molecular complexity index is 565. The van der Waals surface area contributed by atoms with Crippen molar-refractivity contribution in [2.75, 3.05) is 24.5 Å². The number of benzene rings is 1. The second kappa shape index (κ2) is 5.25. The van der Waals surface area contributed by atoms with Crippen molar-refractivity contribution >= 4 is 15.5 Å². The fourth-order valence-electron chi connectivity index (χ4n) is 2.10. The third-order valence-corrected chi connectivity index (χ3v) is 4.83. The molecule has 1 aromatic rings. The molecule has 0 atom stereocenters. The molecule has 0 radical (unpaired) electrons. The number of alkyl halides is 3. The highest BCUT2D eigenvalue weighted by molar-refractivity contribution is 7.92. The zero-order valence-electron chi connectivity index (χ0n) is 10.8. The quantitative estimate of drug-likeness (QED) is 0.921. The van der Waals surface area contributed by atoms with Gasteiger partial charge in [0.15, 0.2) is 0 Å². The van der Waals surface area contributed by atoms with Gasteiger partial charge in [-0.2, -0.15) is 13.2 Å². The Morgan fingerprint density at radius 1 is 1.25 bits per heavy atom. The number of rotatable bonds is 4. The highest BCUT2D eigenvalue weighted by atomic mass is 32.2. The molecule has 4 nitrogen and oxygen atoms in total. The van der Waals surface area contributed by atoms with Crippen LogP contribution in [0.5, 0.6) is 0 Å². The molecule has 1 fully saturated rings. The van der Waals surface area contributed by atoms with Crippen LogP contribution in [-0.2, 0) is 9.84 Å². The summed E-state index contributed by atoms with van der Waals surface area (Å²) in [5.41, 5.74) is -4.54. The van der Waals surface area contributed by atoms with Crippen molar-refractivity contribution in [3.8, 4) is 0 Å². The number of hydrogen-bond donors (Lipinski definition) is 1. The lowest BCUT2D eigenvalue weighted by Gasteiger charge is -2.39. The molecule has 0 saturated carbocycles. The summed E-state index contributed by atoms with van der Waals surface area (Å²) in [6.07, 6.45) is 0. The Balaban J connectivity index is 2.26. The molecule has 8 heteroatoms. The topological polar surface area (TPSA) is 49.4 Å². The molecule has 1 saturated heterocycles. The van der Waals surface area contributed by atoms with Crippen LogP contribution >= 0.6 is 0 Å². The third kappa shape index (κ3) is 2.62. The van der Waals surface area contributed by atoms with Gasteiger partial charge >= 0.3 is 5.51 Å². The first-order valence-corrected chi connectivity index (χ1v) is 7.64. The second-order valence-electron chi connectivity index (χ2n) is 4.54. The van der Waals surface area contributed by atoms with E-state index < -0.39 is 20.2 Å². The minimum Gasteiger partial charge on any atom is -0.366 e. The summed E-state index contributed by atoms with van der Waals surface area (Å²) in [6.45, 7) is 4.28. The van der Waals surface area contributed by atoms with Gasteiger partial charge in [-0.25, -0.2) is 8.42 Å². The van der Waals surface area contributed by atoms with E-state index in [1.807, 2.05) is 11.8 Å². The Labute approximate surface area is 115 Å². The molecule has 0 amide bonds. The van der Waals surface area contributed by atoms with Crippen LogP contribution < -0.4 is 10.2 Å². The standard InChI is InChI=1S/C12H15F3N2O2S/c1-2-17(10-7-16-8-10)9-3-5-11(6-4-9)20(18,19)12(13,14)15/h3-6,10,16H,2,7-8H2,1H3. The molecular weight excluding hydrogens is 293 g/mol. The fraction of sp³-hybridized carbons (Fsp3) is 0.500. The lowest BCUT2D eigenvalue weighted by atomic mass is 10.1. The lowest BCUT2D eigenvalue weighted by molar-refractivity contribution is -0.0436. The molecule has 20 heavy (non-hydrogen) atoms. The first-order chi connectivity index (χ1) is 9.27. The van der Waals surface area contributed by atoms with Crippen LogP contribution in [0.1, 0.15) is 6.92 Å². The molecule has 0 bridgehead atoms. The molecule has 1 aliphatic heterocycles. The fourth-order valence-corrected chi connectivity index (χ4v) is 2.86. The third-order valence-electron chi connectivity index (χ3n) is 3.32. The number of likely N-dealkylation sites (N-methyl/N-ethyl adjacent to an activating group) is 1. The number of nitrogens with one attached hydrogen (secondary N) is 1. The van der Waals surface area contributed by atoms with Gasteiger partial charge < -0.3 is 10.2 Å². The maximum absolute atomic E-state index is 12.4. The van der Waals surface area contributed by atoms with Crippen LogP contribution in [-0.4, -0.2) is 39.6 Å². The largest absolute Gasteiger partial charge is 0.501 e. The highest BCUT2D eigenvalue weighted by Gasteiger charge is 2.46. The van der Waals surface area contributed by atoms with Gasteiger partial charge in [-0.1, -0.05) is 0 Å². The minimum atomic E-state index is -5.27. The zero-order chi connectivity index (χ0) is 15.0. The molecule has 0 unspecified atom stereocenters. The average molecular weight is 308 g/mol. The van der Waals surface area contributed by atoms with Crippen molar-refractivity contribution in [1.29, 1.82) is 0 Å². The second-order valence-corrected chi connectivity index (χ2v) is 6.48. The van der Waals surface area contributed by atoms with E-state index in [1.165, 1.54) is 12.1 Å². The monoisotopic (exact) mass is 308 g/mol. The van der Waals surface area contributed by atoms with Crippen LogP contribution in [0.2, 0.25) is 0 Å². The number of hydrogen-bond acceptors (Lipinski definition) is 4. The zero-order valence-corrected chi connectivity index (χ0v) is 11.6. The Kier molecular flexibility index (Phi) is 3.97. The summed E-state index contributed by atoms with van der Waals surface area (Å²) in [5, 5.41) is 3.11. The van der Waals surface area contributed by atoms with Gasteiger partial charge in [-0.15, -0.1) is 0 Å². The van der Waals surface area contributed by atoms with Crippen molar-refractivity contribution < 1.29 is 21.6 Å². The van der Waals surface area contributed by atoms with E-state index in [9.17, 15) is 21.6 Å². The van der Waals surface area contributed by atoms with Crippen molar-refractivity contribution in [1.82, 2.24) is 5.32 Å². The van der Waals surface area contributed by atoms with Gasteiger partial charge in [0.25, 0.3) is 9.84 Å². The van der Waals surface area contributed by atoms with E-state index in [0.717, 1.165) is 30.9 Å². The number of nitrogens with zero attached hydrogens (tertiary/aromatic N) is 1. The number of halogens is 3. The maximum atomic E-state index is 12.4. The van der Waals surface area contributed by atoms with E-state index >= 15 is 0 Å². The predicted octanol–water partition coefficient (Wildman–Crippen LogP) is 1.78. The van der Waals surface area contributed by atoms with Crippen LogP contribution in [0.3, 0.4) is 0 Å². The molecule has 0 spiro atoms. The summed E-state index contributed by atoms with van der Waals surface area (Å²) < 4.78 is 59.8. The van der Waals surface area contributed by atoms with Crippen molar-refractivity contribution in [3.05, 3.63) is 24.3 Å². The summed E-state index contributed by atoms with van der Waals surface area (Å²) in [7, 11) is -5.27. The average Bonchev–Trinajstić information content (AvgIpc) is 2.32. The SMILES string of the molecule is CCN(c1ccc(S(=O)(=O)C(F)(F)F)cc1)C1CNC1. The van der Waals surface area contributed by atoms with Gasteiger partial charge in [0.05, 0.1) is 10.9 Å². The molecule has 0 aliphatic carbocycles. The van der Waals surface area contributed by atoms with E-state index in [4.69, 9.17) is 0 Å². The Morgan fingerprint density at radius 2 is 1.80 bits per heavy atom. The van der Waals surface area contributed by atoms with Crippen LogP contribution in [0.25, 0.3) is 0 Å². The van der Waals surface area contributed by atoms with Crippen LogP contribution in [0.15, 0.2) is 29.2 Å². The number of sulfone groups is 1. The van der Waals surface area contributed by atoms with Crippen molar-refractivity contribution in [2.45, 2.75) is 23.4 Å². The van der Waals surface area contributed by atoms with E-state index in [1.54, 1.807) is 0 Å². The smallest absolute Gasteiger partial charge is 0.366 e. The molecule has 1 aromatic carbocycles. The van der Waals surface area contributed by atoms with Gasteiger partial charge in [0.1, 0.15) is 0 Å². The van der Waals surface area contributed by atoms with Crippen LogP contribution in [0.4, 0.5) is 18.9 Å². The summed E-state index contributed by atoms with van der Waals surface area (Å²) >= 11 is 0. The lowest BCUT2D eigenvalue weighted by Crippen LogP contribution is -2.57. The molecular formula is C12H15F3N2O2S. The maximum Gasteiger partial charge on any atom is 0.501 e. The molecule has 0 aromatic heterocycles. The first-order valence-electron chi connectivity index (χ1n) is 6.16. The highest BCUT2D eigenvalue weighted by Crippen LogP contribution is 2.31. The van der Waals surface area contributed by atoms with Gasteiger partial charge in [0.2, 0.25) is 0 Å². The van der Waals surface area contributed by atoms with Gasteiger partial charge in [-0.05, 0) is 31.2 Å². The number of anilines is 1. The molecule has 1 N–H and O–H groups in total. The molecule has 2 rings (SSSR count). The summed E-state index contributed by atoms with van der Waals surface area (Å²) in [4.78, 5) is 1.30. The van der Waals surface area contributed by atoms with Crippen LogP contribution in [0, 0.1) is 0 Å². The van der Waals surface area contributed by atoms with Crippen molar-refractivity contribution in [3.63, 3.8) is 0 Å². The van der Waals surface area contributed by atoms with E-state index in [-0.39, 0.29) is 0 Å². The molecule has 1 heterocycles. The first kappa shape index (κ1) is 15.1. The normalized spacial score (nSPS) is 16.8. The Morgan fingerprint density at radius 3 is 2.15 bits per heavy atom. The minimum absolute atomic E-state index is 0.296. The summed E-state index contributed by atoms with van der Waals surface area (Å²) in [6, 6.07) is 5.14. The van der Waals surface area contributed by atoms with E-state index in [2.05, 4.69) is 5.32 Å². The van der Waals surface area contributed by atoms with Gasteiger partial charge in [0, 0.05) is 25.3 Å². The van der Waals surface area contributed by atoms with Crippen molar-refractivity contribution in [2.24, 2.45) is 0 Å².